The minimum absolute atomic E-state index is 0.241. The first-order valence-electron chi connectivity index (χ1n) is 12.1. The summed E-state index contributed by atoms with van der Waals surface area (Å²) in [7, 11) is 1.76. The van der Waals surface area contributed by atoms with Gasteiger partial charge in [0.25, 0.3) is 5.91 Å². The Balaban J connectivity index is 1.72. The van der Waals surface area contributed by atoms with Crippen molar-refractivity contribution in [2.24, 2.45) is 10.1 Å². The van der Waals surface area contributed by atoms with Crippen LogP contribution in [-0.2, 0) is 9.53 Å². The summed E-state index contributed by atoms with van der Waals surface area (Å²) in [5.41, 5.74) is 5.73. The Kier molecular flexibility index (Phi) is 8.76. The fraction of sp³-hybridized carbons (Fsp3) is 0.296. The van der Waals surface area contributed by atoms with Crippen molar-refractivity contribution in [1.82, 2.24) is 20.7 Å². The summed E-state index contributed by atoms with van der Waals surface area (Å²) in [6, 6.07) is 9.71. The van der Waals surface area contributed by atoms with E-state index >= 15 is 0 Å². The molecule has 9 nitrogen and oxygen atoms in total. The van der Waals surface area contributed by atoms with Crippen LogP contribution in [0.4, 0.5) is 5.82 Å². The first-order chi connectivity index (χ1) is 18.0. The van der Waals surface area contributed by atoms with Gasteiger partial charge in [0.05, 0.1) is 41.3 Å². The number of aromatic nitrogens is 2. The van der Waals surface area contributed by atoms with E-state index in [1.54, 1.807) is 36.9 Å². The highest BCUT2D eigenvalue weighted by Crippen LogP contribution is 2.37. The Morgan fingerprint density at radius 3 is 2.81 bits per heavy atom. The van der Waals surface area contributed by atoms with Gasteiger partial charge in [-0.15, -0.1) is 11.3 Å². The van der Waals surface area contributed by atoms with Crippen LogP contribution < -0.4 is 15.6 Å². The maximum Gasteiger partial charge on any atom is 0.252 e. The number of hydrogen-bond donors (Lipinski definition) is 2. The zero-order chi connectivity index (χ0) is 26.2. The quantitative estimate of drug-likeness (QED) is 0.252. The molecule has 0 spiro atoms. The SMILES string of the molecule is C=C(C=N/C=C\C)C(=O)NC(C)c1cc2nc(-c3ccccc3/C=N\NC)nc(N3CCOCC3)c2s1. The number of amides is 1. The summed E-state index contributed by atoms with van der Waals surface area (Å²) in [6.45, 7) is 10.4. The van der Waals surface area contributed by atoms with E-state index in [4.69, 9.17) is 14.7 Å². The lowest BCUT2D eigenvalue weighted by atomic mass is 10.1. The fourth-order valence-electron chi connectivity index (χ4n) is 3.84. The van der Waals surface area contributed by atoms with Gasteiger partial charge in [-0.3, -0.25) is 9.79 Å². The molecule has 3 heterocycles. The van der Waals surface area contributed by atoms with Gasteiger partial charge in [0.2, 0.25) is 0 Å². The highest BCUT2D eigenvalue weighted by molar-refractivity contribution is 7.19. The predicted octanol–water partition coefficient (Wildman–Crippen LogP) is 4.09. The minimum Gasteiger partial charge on any atom is -0.378 e. The molecule has 1 aromatic carbocycles. The molecule has 0 saturated carbocycles. The van der Waals surface area contributed by atoms with Gasteiger partial charge in [0, 0.05) is 48.6 Å². The number of hydrogen-bond acceptors (Lipinski definition) is 9. The number of rotatable bonds is 9. The monoisotopic (exact) mass is 517 g/mol. The molecule has 3 aromatic rings. The highest BCUT2D eigenvalue weighted by atomic mass is 32.1. The van der Waals surface area contributed by atoms with E-state index in [9.17, 15) is 4.79 Å². The Bertz CT molecular complexity index is 1360. The molecular weight excluding hydrogens is 486 g/mol. The Hall–Kier alpha value is -3.89. The number of allylic oxidation sites excluding steroid dienone is 1. The van der Waals surface area contributed by atoms with Crippen LogP contribution >= 0.6 is 11.3 Å². The van der Waals surface area contributed by atoms with Crippen molar-refractivity contribution in [1.29, 1.82) is 0 Å². The van der Waals surface area contributed by atoms with Gasteiger partial charge in [-0.25, -0.2) is 9.97 Å². The zero-order valence-electron chi connectivity index (χ0n) is 21.3. The summed E-state index contributed by atoms with van der Waals surface area (Å²) in [4.78, 5) is 29.9. The second-order valence-electron chi connectivity index (χ2n) is 8.38. The molecule has 0 radical (unpaired) electrons. The van der Waals surface area contributed by atoms with Crippen molar-refractivity contribution in [3.8, 4) is 11.4 Å². The Labute approximate surface area is 220 Å². The number of morpholine rings is 1. The van der Waals surface area contributed by atoms with Crippen LogP contribution in [0.5, 0.6) is 0 Å². The Morgan fingerprint density at radius 1 is 1.27 bits per heavy atom. The van der Waals surface area contributed by atoms with Crippen molar-refractivity contribution >= 4 is 45.7 Å². The molecule has 2 aromatic heterocycles. The third-order valence-corrected chi connectivity index (χ3v) is 7.05. The third-order valence-electron chi connectivity index (χ3n) is 5.75. The third kappa shape index (κ3) is 6.28. The van der Waals surface area contributed by atoms with Gasteiger partial charge in [-0.05, 0) is 19.9 Å². The van der Waals surface area contributed by atoms with Crippen LogP contribution in [0.15, 0.2) is 64.9 Å². The average Bonchev–Trinajstić information content (AvgIpc) is 3.36. The van der Waals surface area contributed by atoms with Gasteiger partial charge in [0.1, 0.15) is 0 Å². The van der Waals surface area contributed by atoms with Gasteiger partial charge in [-0.1, -0.05) is 36.9 Å². The van der Waals surface area contributed by atoms with Crippen LogP contribution in [0, 0.1) is 0 Å². The number of nitrogens with one attached hydrogen (secondary N) is 2. The van der Waals surface area contributed by atoms with Crippen molar-refractivity contribution in [3.63, 3.8) is 0 Å². The summed E-state index contributed by atoms with van der Waals surface area (Å²) in [5, 5.41) is 7.19. The molecule has 1 saturated heterocycles. The number of nitrogens with zero attached hydrogens (tertiary/aromatic N) is 5. The summed E-state index contributed by atoms with van der Waals surface area (Å²) >= 11 is 1.59. The average molecular weight is 518 g/mol. The molecule has 4 rings (SSSR count). The van der Waals surface area contributed by atoms with E-state index in [0.29, 0.717) is 24.6 Å². The minimum atomic E-state index is -0.267. The maximum atomic E-state index is 12.6. The van der Waals surface area contributed by atoms with Crippen LogP contribution in [0.2, 0.25) is 0 Å². The number of carbonyl (C=O) groups is 1. The smallest absolute Gasteiger partial charge is 0.252 e. The van der Waals surface area contributed by atoms with Crippen LogP contribution in [-0.4, -0.2) is 61.7 Å². The number of anilines is 1. The molecule has 0 bridgehead atoms. The van der Waals surface area contributed by atoms with Gasteiger partial charge in [-0.2, -0.15) is 5.10 Å². The van der Waals surface area contributed by atoms with Crippen molar-refractivity contribution in [3.05, 3.63) is 65.2 Å². The van der Waals surface area contributed by atoms with Crippen LogP contribution in [0.25, 0.3) is 21.6 Å². The number of hydrazone groups is 1. The summed E-state index contributed by atoms with van der Waals surface area (Å²) < 4.78 is 6.56. The molecule has 1 fully saturated rings. The first kappa shape index (κ1) is 26.2. The molecule has 1 aliphatic rings. The molecule has 10 heteroatoms. The van der Waals surface area contributed by atoms with E-state index in [-0.39, 0.29) is 11.9 Å². The number of thiophene rings is 1. The predicted molar refractivity (Wildman–Crippen MR) is 152 cm³/mol. The Morgan fingerprint density at radius 2 is 2.05 bits per heavy atom. The van der Waals surface area contributed by atoms with Gasteiger partial charge in [0.15, 0.2) is 11.6 Å². The topological polar surface area (TPSA) is 104 Å². The highest BCUT2D eigenvalue weighted by Gasteiger charge is 2.22. The summed E-state index contributed by atoms with van der Waals surface area (Å²) in [5.74, 6) is 1.24. The van der Waals surface area contributed by atoms with Crippen molar-refractivity contribution < 1.29 is 9.53 Å². The lowest BCUT2D eigenvalue weighted by Crippen LogP contribution is -2.36. The number of aliphatic imine (C=N–C) groups is 1. The molecule has 192 valence electrons. The van der Waals surface area contributed by atoms with E-state index in [2.05, 4.69) is 32.3 Å². The van der Waals surface area contributed by atoms with Crippen molar-refractivity contribution in [2.45, 2.75) is 19.9 Å². The van der Waals surface area contributed by atoms with Crippen LogP contribution in [0.1, 0.15) is 30.3 Å². The number of carbonyl (C=O) groups excluding carboxylic acids is 1. The number of ether oxygens (including phenoxy) is 1. The summed E-state index contributed by atoms with van der Waals surface area (Å²) in [6.07, 6.45) is 6.62. The molecular formula is C27H31N7O2S. The normalized spacial score (nSPS) is 15.2. The second-order valence-corrected chi connectivity index (χ2v) is 9.47. The van der Waals surface area contributed by atoms with E-state index in [1.807, 2.05) is 44.2 Å². The van der Waals surface area contributed by atoms with Crippen LogP contribution in [0.3, 0.4) is 0 Å². The number of fused-ring (bicyclic) bond motifs is 1. The zero-order valence-corrected chi connectivity index (χ0v) is 22.1. The standard InChI is InChI=1S/C27H31N7O2S/c1-5-10-29-16-18(2)27(35)31-19(3)23-15-22-24(37-23)26(34-11-13-36-14-12-34)33-25(32-22)21-9-7-6-8-20(21)17-30-28-4/h5-10,15-17,19,28H,2,11-14H2,1,3-4H3,(H,31,35)/b10-5-,29-16?,30-17-. The lowest BCUT2D eigenvalue weighted by Gasteiger charge is -2.28. The molecule has 1 aliphatic heterocycles. The maximum absolute atomic E-state index is 12.6. The van der Waals surface area contributed by atoms with Crippen molar-refractivity contribution in [2.75, 3.05) is 38.3 Å². The fourth-order valence-corrected chi connectivity index (χ4v) is 4.96. The molecule has 0 aliphatic carbocycles. The molecule has 2 N–H and O–H groups in total. The second kappa shape index (κ2) is 12.4. The molecule has 37 heavy (non-hydrogen) atoms. The largest absolute Gasteiger partial charge is 0.378 e. The molecule has 1 atom stereocenters. The molecule has 1 unspecified atom stereocenters. The molecule has 1 amide bonds. The van der Waals surface area contributed by atoms with Gasteiger partial charge >= 0.3 is 0 Å². The first-order valence-corrected chi connectivity index (χ1v) is 12.9. The van der Waals surface area contributed by atoms with E-state index in [1.165, 1.54) is 6.21 Å². The number of benzene rings is 1. The van der Waals surface area contributed by atoms with E-state index in [0.717, 1.165) is 45.1 Å². The van der Waals surface area contributed by atoms with Gasteiger partial charge < -0.3 is 20.4 Å². The van der Waals surface area contributed by atoms with E-state index < -0.39 is 0 Å². The lowest BCUT2D eigenvalue weighted by molar-refractivity contribution is -0.117.